The summed E-state index contributed by atoms with van der Waals surface area (Å²) < 4.78 is 0. The summed E-state index contributed by atoms with van der Waals surface area (Å²) in [6, 6.07) is 4.06. The Labute approximate surface area is 131 Å². The summed E-state index contributed by atoms with van der Waals surface area (Å²) in [7, 11) is 6.07. The fraction of sp³-hybridized carbons (Fsp3) is 0.467. The highest BCUT2D eigenvalue weighted by atomic mass is 15.3. The van der Waals surface area contributed by atoms with Crippen molar-refractivity contribution >= 4 is 11.8 Å². The van der Waals surface area contributed by atoms with E-state index in [1.807, 2.05) is 45.7 Å². The van der Waals surface area contributed by atoms with Gasteiger partial charge < -0.3 is 15.1 Å². The van der Waals surface area contributed by atoms with Crippen molar-refractivity contribution in [1.29, 1.82) is 0 Å². The molecule has 0 aliphatic rings. The lowest BCUT2D eigenvalue weighted by atomic mass is 10.2. The Bertz CT molecular complexity index is 559. The second-order valence-corrected chi connectivity index (χ2v) is 5.40. The quantitative estimate of drug-likeness (QED) is 0.777. The first-order valence-electron chi connectivity index (χ1n) is 7.33. The highest BCUT2D eigenvalue weighted by Crippen LogP contribution is 2.09. The minimum Gasteiger partial charge on any atom is -0.358 e. The Morgan fingerprint density at radius 1 is 1.09 bits per heavy atom. The Kier molecular flexibility index (Phi) is 6.02. The highest BCUT2D eigenvalue weighted by molar-refractivity contribution is 5.39. The molecule has 0 fully saturated rings. The van der Waals surface area contributed by atoms with E-state index in [4.69, 9.17) is 0 Å². The molecule has 2 aromatic rings. The molecule has 0 aliphatic heterocycles. The summed E-state index contributed by atoms with van der Waals surface area (Å²) in [5.74, 6) is 1.38. The third-order valence-corrected chi connectivity index (χ3v) is 3.26. The molecule has 0 atom stereocenters. The van der Waals surface area contributed by atoms with Gasteiger partial charge in [0.05, 0.1) is 6.20 Å². The zero-order valence-electron chi connectivity index (χ0n) is 13.4. The van der Waals surface area contributed by atoms with Crippen molar-refractivity contribution in [1.82, 2.24) is 25.1 Å². The molecule has 0 spiro atoms. The van der Waals surface area contributed by atoms with Crippen LogP contribution in [0.4, 0.5) is 11.8 Å². The summed E-state index contributed by atoms with van der Waals surface area (Å²) in [5, 5.41) is 11.2. The molecule has 0 aromatic carbocycles. The van der Waals surface area contributed by atoms with Crippen LogP contribution in [0.2, 0.25) is 0 Å². The number of nitrogens with one attached hydrogen (secondary N) is 1. The fourth-order valence-electron chi connectivity index (χ4n) is 1.91. The first-order chi connectivity index (χ1) is 10.6. The van der Waals surface area contributed by atoms with Crippen LogP contribution in [0.3, 0.4) is 0 Å². The summed E-state index contributed by atoms with van der Waals surface area (Å²) in [6.45, 7) is 2.57. The summed E-state index contributed by atoms with van der Waals surface area (Å²) in [4.78, 5) is 12.7. The van der Waals surface area contributed by atoms with E-state index in [9.17, 15) is 0 Å². The van der Waals surface area contributed by atoms with Gasteiger partial charge in [-0.15, -0.1) is 5.10 Å². The van der Waals surface area contributed by atoms with E-state index in [0.29, 0.717) is 5.95 Å². The monoisotopic (exact) mass is 301 g/mol. The number of hydrogen-bond acceptors (Lipinski definition) is 7. The van der Waals surface area contributed by atoms with Crippen LogP contribution in [-0.4, -0.2) is 65.8 Å². The van der Waals surface area contributed by atoms with Crippen molar-refractivity contribution in [3.63, 3.8) is 0 Å². The zero-order valence-corrected chi connectivity index (χ0v) is 13.4. The molecule has 0 aliphatic carbocycles. The lowest BCUT2D eigenvalue weighted by molar-refractivity contribution is 0.425. The van der Waals surface area contributed by atoms with Crippen LogP contribution < -0.4 is 10.2 Å². The third kappa shape index (κ3) is 5.25. The maximum Gasteiger partial charge on any atom is 0.244 e. The van der Waals surface area contributed by atoms with Gasteiger partial charge in [0.1, 0.15) is 0 Å². The number of hydrogen-bond donors (Lipinski definition) is 1. The van der Waals surface area contributed by atoms with E-state index >= 15 is 0 Å². The molecule has 2 heterocycles. The molecular weight excluding hydrogens is 278 g/mol. The largest absolute Gasteiger partial charge is 0.358 e. The highest BCUT2D eigenvalue weighted by Gasteiger charge is 2.06. The van der Waals surface area contributed by atoms with E-state index in [1.54, 1.807) is 6.20 Å². The van der Waals surface area contributed by atoms with Crippen LogP contribution in [0.15, 0.2) is 30.7 Å². The summed E-state index contributed by atoms with van der Waals surface area (Å²) in [5.41, 5.74) is 1.26. The molecule has 0 amide bonds. The number of aromatic nitrogens is 4. The van der Waals surface area contributed by atoms with E-state index in [-0.39, 0.29) is 0 Å². The molecule has 0 unspecified atom stereocenters. The lowest BCUT2D eigenvalue weighted by Gasteiger charge is -2.18. The Morgan fingerprint density at radius 2 is 1.86 bits per heavy atom. The molecule has 22 heavy (non-hydrogen) atoms. The van der Waals surface area contributed by atoms with Gasteiger partial charge in [-0.1, -0.05) is 0 Å². The predicted octanol–water partition coefficient (Wildman–Crippen LogP) is 0.919. The smallest absolute Gasteiger partial charge is 0.244 e. The fourth-order valence-corrected chi connectivity index (χ4v) is 1.91. The maximum absolute atomic E-state index is 4.49. The number of rotatable bonds is 8. The molecule has 0 saturated carbocycles. The second kappa shape index (κ2) is 8.23. The van der Waals surface area contributed by atoms with Crippen LogP contribution in [0, 0.1) is 0 Å². The van der Waals surface area contributed by atoms with Crippen LogP contribution in [-0.2, 0) is 6.42 Å². The van der Waals surface area contributed by atoms with Gasteiger partial charge in [-0.3, -0.25) is 4.98 Å². The summed E-state index contributed by atoms with van der Waals surface area (Å²) >= 11 is 0. The molecule has 1 N–H and O–H groups in total. The lowest BCUT2D eigenvalue weighted by Crippen LogP contribution is -2.24. The maximum atomic E-state index is 4.49. The van der Waals surface area contributed by atoms with E-state index in [0.717, 1.165) is 31.9 Å². The SMILES string of the molecule is CN(C)CCNc1nncc(N(C)CCc2ccncc2)n1. The minimum atomic E-state index is 0.565. The molecule has 0 saturated heterocycles. The minimum absolute atomic E-state index is 0.565. The van der Waals surface area contributed by atoms with Gasteiger partial charge in [-0.05, 0) is 38.2 Å². The number of pyridine rings is 1. The molecule has 0 radical (unpaired) electrons. The first kappa shape index (κ1) is 16.1. The normalized spacial score (nSPS) is 10.7. The van der Waals surface area contributed by atoms with Gasteiger partial charge >= 0.3 is 0 Å². The van der Waals surface area contributed by atoms with Crippen molar-refractivity contribution in [2.75, 3.05) is 51.0 Å². The first-order valence-corrected chi connectivity index (χ1v) is 7.33. The number of nitrogens with zero attached hydrogens (tertiary/aromatic N) is 6. The molecular formula is C15H23N7. The van der Waals surface area contributed by atoms with Crippen molar-refractivity contribution in [3.8, 4) is 0 Å². The molecule has 118 valence electrons. The van der Waals surface area contributed by atoms with Crippen LogP contribution >= 0.6 is 0 Å². The van der Waals surface area contributed by atoms with Gasteiger partial charge in [0.2, 0.25) is 5.95 Å². The molecule has 7 nitrogen and oxygen atoms in total. The van der Waals surface area contributed by atoms with Crippen LogP contribution in [0.25, 0.3) is 0 Å². The molecule has 2 rings (SSSR count). The molecule has 2 aromatic heterocycles. The number of anilines is 2. The van der Waals surface area contributed by atoms with Crippen molar-refractivity contribution in [3.05, 3.63) is 36.3 Å². The van der Waals surface area contributed by atoms with Crippen molar-refractivity contribution in [2.45, 2.75) is 6.42 Å². The zero-order chi connectivity index (χ0) is 15.8. The Balaban J connectivity index is 1.88. The summed E-state index contributed by atoms with van der Waals surface area (Å²) in [6.07, 6.45) is 6.25. The van der Waals surface area contributed by atoms with Crippen LogP contribution in [0.5, 0.6) is 0 Å². The van der Waals surface area contributed by atoms with Crippen molar-refractivity contribution in [2.24, 2.45) is 0 Å². The van der Waals surface area contributed by atoms with E-state index in [1.165, 1.54) is 5.56 Å². The Hall–Kier alpha value is -2.28. The number of likely N-dealkylation sites (N-methyl/N-ethyl adjacent to an activating group) is 2. The average molecular weight is 301 g/mol. The van der Waals surface area contributed by atoms with Gasteiger partial charge in [0, 0.05) is 39.1 Å². The third-order valence-electron chi connectivity index (χ3n) is 3.26. The van der Waals surface area contributed by atoms with E-state index in [2.05, 4.69) is 35.3 Å². The Morgan fingerprint density at radius 3 is 2.59 bits per heavy atom. The molecule has 7 heteroatoms. The standard InChI is InChI=1S/C15H23N7/c1-21(2)11-9-17-15-19-14(12-18-20-15)22(3)10-6-13-4-7-16-8-5-13/h4-5,7-8,12H,6,9-11H2,1-3H3,(H,17,19,20). The van der Waals surface area contributed by atoms with Gasteiger partial charge in [0.25, 0.3) is 0 Å². The van der Waals surface area contributed by atoms with Gasteiger partial charge in [0.15, 0.2) is 5.82 Å². The molecule has 0 bridgehead atoms. The van der Waals surface area contributed by atoms with Crippen molar-refractivity contribution < 1.29 is 0 Å². The van der Waals surface area contributed by atoms with Gasteiger partial charge in [-0.25, -0.2) is 0 Å². The average Bonchev–Trinajstić information content (AvgIpc) is 2.53. The predicted molar refractivity (Wildman–Crippen MR) is 88.1 cm³/mol. The van der Waals surface area contributed by atoms with E-state index < -0.39 is 0 Å². The topological polar surface area (TPSA) is 70.1 Å². The van der Waals surface area contributed by atoms with Gasteiger partial charge in [-0.2, -0.15) is 10.1 Å². The second-order valence-electron chi connectivity index (χ2n) is 5.40. The van der Waals surface area contributed by atoms with Crippen LogP contribution in [0.1, 0.15) is 5.56 Å².